The van der Waals surface area contributed by atoms with Gasteiger partial charge in [-0.2, -0.15) is 8.42 Å². The molecule has 0 unspecified atom stereocenters. The SMILES string of the molecule is CC(C)(C)OC(=O)N1CCC(OS(N)(=O)=O)CC1. The molecule has 8 heteroatoms. The molecule has 1 aliphatic rings. The Kier molecular flexibility index (Phi) is 4.57. The Balaban J connectivity index is 2.42. The van der Waals surface area contributed by atoms with Gasteiger partial charge in [0.15, 0.2) is 0 Å². The average Bonchev–Trinajstić information content (AvgIpc) is 2.13. The fraction of sp³-hybridized carbons (Fsp3) is 0.900. The number of carbonyl (C=O) groups is 1. The number of likely N-dealkylation sites (tertiary alicyclic amines) is 1. The van der Waals surface area contributed by atoms with Gasteiger partial charge in [0.05, 0.1) is 6.10 Å². The quantitative estimate of drug-likeness (QED) is 0.798. The van der Waals surface area contributed by atoms with E-state index >= 15 is 0 Å². The van der Waals surface area contributed by atoms with Crippen LogP contribution in [0.25, 0.3) is 0 Å². The Morgan fingerprint density at radius 3 is 2.17 bits per heavy atom. The van der Waals surface area contributed by atoms with E-state index in [1.807, 2.05) is 0 Å². The van der Waals surface area contributed by atoms with Gasteiger partial charge in [0.25, 0.3) is 0 Å². The molecular weight excluding hydrogens is 260 g/mol. The van der Waals surface area contributed by atoms with E-state index < -0.39 is 28.1 Å². The van der Waals surface area contributed by atoms with E-state index in [0.717, 1.165) is 0 Å². The fourth-order valence-corrected chi connectivity index (χ4v) is 2.22. The summed E-state index contributed by atoms with van der Waals surface area (Å²) in [7, 11) is -3.92. The number of rotatable bonds is 2. The van der Waals surface area contributed by atoms with E-state index in [1.165, 1.54) is 4.90 Å². The molecule has 1 rings (SSSR count). The second kappa shape index (κ2) is 5.41. The van der Waals surface area contributed by atoms with Gasteiger partial charge >= 0.3 is 16.4 Å². The number of hydrogen-bond donors (Lipinski definition) is 1. The summed E-state index contributed by atoms with van der Waals surface area (Å²) >= 11 is 0. The molecule has 0 aromatic heterocycles. The Bertz CT molecular complexity index is 393. The van der Waals surface area contributed by atoms with Gasteiger partial charge in [0.1, 0.15) is 5.60 Å². The van der Waals surface area contributed by atoms with Crippen LogP contribution in [0.15, 0.2) is 0 Å². The highest BCUT2D eigenvalue weighted by atomic mass is 32.2. The van der Waals surface area contributed by atoms with E-state index in [2.05, 4.69) is 4.18 Å². The number of nitrogens with zero attached hydrogens (tertiary/aromatic N) is 1. The summed E-state index contributed by atoms with van der Waals surface area (Å²) in [6, 6.07) is 0. The van der Waals surface area contributed by atoms with Gasteiger partial charge in [0, 0.05) is 13.1 Å². The Labute approximate surface area is 107 Å². The molecule has 1 fully saturated rings. The average molecular weight is 280 g/mol. The third-order valence-electron chi connectivity index (χ3n) is 2.36. The maximum Gasteiger partial charge on any atom is 0.410 e. The summed E-state index contributed by atoms with van der Waals surface area (Å²) in [5.74, 6) is 0. The van der Waals surface area contributed by atoms with Crippen molar-refractivity contribution in [1.82, 2.24) is 4.90 Å². The van der Waals surface area contributed by atoms with Crippen molar-refractivity contribution in [3.8, 4) is 0 Å². The van der Waals surface area contributed by atoms with E-state index in [9.17, 15) is 13.2 Å². The van der Waals surface area contributed by atoms with E-state index in [-0.39, 0.29) is 0 Å². The van der Waals surface area contributed by atoms with E-state index in [0.29, 0.717) is 25.9 Å². The van der Waals surface area contributed by atoms with E-state index in [4.69, 9.17) is 9.88 Å². The molecular formula is C10H20N2O5S. The van der Waals surface area contributed by atoms with Gasteiger partial charge in [-0.15, -0.1) is 0 Å². The lowest BCUT2D eigenvalue weighted by atomic mass is 10.1. The molecule has 1 amide bonds. The summed E-state index contributed by atoms with van der Waals surface area (Å²) in [4.78, 5) is 13.3. The number of ether oxygens (including phenoxy) is 1. The summed E-state index contributed by atoms with van der Waals surface area (Å²) < 4.78 is 31.4. The molecule has 18 heavy (non-hydrogen) atoms. The zero-order valence-corrected chi connectivity index (χ0v) is 11.7. The van der Waals surface area contributed by atoms with Gasteiger partial charge < -0.3 is 9.64 Å². The first kappa shape index (κ1) is 15.2. The van der Waals surface area contributed by atoms with Crippen LogP contribution in [0.4, 0.5) is 4.79 Å². The zero-order valence-electron chi connectivity index (χ0n) is 10.9. The predicted octanol–water partition coefficient (Wildman–Crippen LogP) is 0.606. The number of piperidine rings is 1. The lowest BCUT2D eigenvalue weighted by molar-refractivity contribution is 0.0133. The van der Waals surface area contributed by atoms with Crippen LogP contribution in [-0.4, -0.2) is 44.2 Å². The molecule has 1 aliphatic heterocycles. The monoisotopic (exact) mass is 280 g/mol. The molecule has 0 bridgehead atoms. The van der Waals surface area contributed by atoms with Crippen LogP contribution in [0.5, 0.6) is 0 Å². The van der Waals surface area contributed by atoms with Crippen molar-refractivity contribution >= 4 is 16.4 Å². The molecule has 106 valence electrons. The van der Waals surface area contributed by atoms with Crippen LogP contribution < -0.4 is 5.14 Å². The Hall–Kier alpha value is -0.860. The van der Waals surface area contributed by atoms with Crippen LogP contribution in [0.1, 0.15) is 33.6 Å². The molecule has 0 spiro atoms. The number of carbonyl (C=O) groups excluding carboxylic acids is 1. The maximum absolute atomic E-state index is 11.7. The lowest BCUT2D eigenvalue weighted by Crippen LogP contribution is -2.44. The molecule has 0 atom stereocenters. The summed E-state index contributed by atoms with van der Waals surface area (Å²) in [5, 5.41) is 4.79. The molecule has 2 N–H and O–H groups in total. The molecule has 0 aliphatic carbocycles. The first-order chi connectivity index (χ1) is 8.07. The molecule has 1 heterocycles. The number of nitrogens with two attached hydrogens (primary N) is 1. The zero-order chi connectivity index (χ0) is 14.0. The van der Waals surface area contributed by atoms with Crippen molar-refractivity contribution in [2.75, 3.05) is 13.1 Å². The van der Waals surface area contributed by atoms with E-state index in [1.54, 1.807) is 20.8 Å². The predicted molar refractivity (Wildman–Crippen MR) is 65.0 cm³/mol. The highest BCUT2D eigenvalue weighted by molar-refractivity contribution is 7.84. The number of amides is 1. The highest BCUT2D eigenvalue weighted by Crippen LogP contribution is 2.17. The Morgan fingerprint density at radius 2 is 1.78 bits per heavy atom. The van der Waals surface area contributed by atoms with Gasteiger partial charge in [-0.1, -0.05) is 0 Å². The minimum atomic E-state index is -3.92. The first-order valence-electron chi connectivity index (χ1n) is 5.76. The Morgan fingerprint density at radius 1 is 1.28 bits per heavy atom. The molecule has 7 nitrogen and oxygen atoms in total. The molecule has 0 radical (unpaired) electrons. The van der Waals surface area contributed by atoms with Crippen LogP contribution in [0, 0.1) is 0 Å². The standard InChI is InChI=1S/C10H20N2O5S/c1-10(2,3)16-9(13)12-6-4-8(5-7-12)17-18(11,14)15/h8H,4-7H2,1-3H3,(H2,11,14,15). The second-order valence-electron chi connectivity index (χ2n) is 5.26. The van der Waals surface area contributed by atoms with Crippen molar-refractivity contribution < 1.29 is 22.1 Å². The van der Waals surface area contributed by atoms with Crippen molar-refractivity contribution in [2.24, 2.45) is 5.14 Å². The second-order valence-corrected chi connectivity index (χ2v) is 6.43. The lowest BCUT2D eigenvalue weighted by Gasteiger charge is -2.32. The molecule has 0 aromatic carbocycles. The van der Waals surface area contributed by atoms with Crippen LogP contribution in [0.3, 0.4) is 0 Å². The van der Waals surface area contributed by atoms with Crippen molar-refractivity contribution in [3.63, 3.8) is 0 Å². The normalized spacial score (nSPS) is 18.8. The van der Waals surface area contributed by atoms with Crippen molar-refractivity contribution in [3.05, 3.63) is 0 Å². The highest BCUT2D eigenvalue weighted by Gasteiger charge is 2.28. The first-order valence-corrected chi connectivity index (χ1v) is 7.23. The van der Waals surface area contributed by atoms with Gasteiger partial charge in [-0.25, -0.2) is 9.93 Å². The smallest absolute Gasteiger partial charge is 0.410 e. The van der Waals surface area contributed by atoms with Crippen molar-refractivity contribution in [2.45, 2.75) is 45.3 Å². The van der Waals surface area contributed by atoms with Gasteiger partial charge in [-0.05, 0) is 33.6 Å². The number of hydrogen-bond acceptors (Lipinski definition) is 5. The fourth-order valence-electron chi connectivity index (χ4n) is 1.65. The van der Waals surface area contributed by atoms with Gasteiger partial charge in [-0.3, -0.25) is 4.18 Å². The van der Waals surface area contributed by atoms with Crippen LogP contribution in [0.2, 0.25) is 0 Å². The molecule has 1 saturated heterocycles. The minimum absolute atomic E-state index is 0.392. The largest absolute Gasteiger partial charge is 0.444 e. The molecule has 0 saturated carbocycles. The van der Waals surface area contributed by atoms with Crippen LogP contribution >= 0.6 is 0 Å². The minimum Gasteiger partial charge on any atom is -0.444 e. The summed E-state index contributed by atoms with van der Waals surface area (Å²) in [5.41, 5.74) is -0.537. The third kappa shape index (κ3) is 5.65. The topological polar surface area (TPSA) is 98.9 Å². The van der Waals surface area contributed by atoms with Crippen LogP contribution in [-0.2, 0) is 19.2 Å². The molecule has 0 aromatic rings. The summed E-state index contributed by atoms with van der Waals surface area (Å²) in [6.07, 6.45) is 0.000898. The third-order valence-corrected chi connectivity index (χ3v) is 2.90. The van der Waals surface area contributed by atoms with Crippen molar-refractivity contribution in [1.29, 1.82) is 0 Å². The van der Waals surface area contributed by atoms with Gasteiger partial charge in [0.2, 0.25) is 0 Å². The summed E-state index contributed by atoms with van der Waals surface area (Å²) in [6.45, 7) is 6.18. The maximum atomic E-state index is 11.7.